The van der Waals surface area contributed by atoms with E-state index in [4.69, 9.17) is 34.8 Å². The van der Waals surface area contributed by atoms with Crippen LogP contribution in [0.1, 0.15) is 47.6 Å². The van der Waals surface area contributed by atoms with Crippen LogP contribution in [0.15, 0.2) is 47.8 Å². The molecule has 1 aliphatic rings. The molecule has 2 heterocycles. The van der Waals surface area contributed by atoms with Crippen molar-refractivity contribution in [1.29, 1.82) is 0 Å². The van der Waals surface area contributed by atoms with Crippen LogP contribution in [0.3, 0.4) is 0 Å². The summed E-state index contributed by atoms with van der Waals surface area (Å²) in [6.45, 7) is -0.268. The van der Waals surface area contributed by atoms with Crippen molar-refractivity contribution < 1.29 is 24.3 Å². The fraction of sp³-hybridized carbons (Fsp3) is 0.231. The molecule has 12 heteroatoms. The van der Waals surface area contributed by atoms with Gasteiger partial charge in [0, 0.05) is 23.7 Å². The lowest BCUT2D eigenvalue weighted by molar-refractivity contribution is -0.109. The molecule has 2 aromatic carbocycles. The van der Waals surface area contributed by atoms with Crippen molar-refractivity contribution in [3.63, 3.8) is 0 Å². The normalized spacial score (nSPS) is 15.4. The summed E-state index contributed by atoms with van der Waals surface area (Å²) >= 11 is 20.3. The predicted molar refractivity (Wildman–Crippen MR) is 146 cm³/mol. The maximum atomic E-state index is 13.2. The first-order valence-electron chi connectivity index (χ1n) is 11.5. The number of aliphatic hydroxyl groups excluding tert-OH is 1. The van der Waals surface area contributed by atoms with E-state index < -0.39 is 18.0 Å². The van der Waals surface area contributed by atoms with Crippen LogP contribution >= 0.6 is 46.1 Å². The van der Waals surface area contributed by atoms with E-state index in [0.29, 0.717) is 39.3 Å². The van der Waals surface area contributed by atoms with Gasteiger partial charge in [-0.15, -0.1) is 11.3 Å². The number of hydrogen-bond acceptors (Lipinski definition) is 6. The SMILES string of the molecule is O=C[C@H](CNC(=O)c1cccs1)NC(=O)c1c(Cl)cc2c(c1Cl)CCN(C(=O)c1ccc(Cl)cc1)C2CO. The topological polar surface area (TPSA) is 116 Å². The molecule has 198 valence electrons. The number of nitrogens with one attached hydrogen (secondary N) is 2. The summed E-state index contributed by atoms with van der Waals surface area (Å²) in [5.41, 5.74) is 1.49. The van der Waals surface area contributed by atoms with Crippen molar-refractivity contribution >= 4 is 70.1 Å². The zero-order valence-electron chi connectivity index (χ0n) is 19.7. The fourth-order valence-corrected chi connectivity index (χ4v) is 5.77. The number of carbonyl (C=O) groups is 4. The first-order chi connectivity index (χ1) is 18.2. The second-order valence-electron chi connectivity index (χ2n) is 8.47. The van der Waals surface area contributed by atoms with E-state index in [1.54, 1.807) is 41.8 Å². The van der Waals surface area contributed by atoms with Gasteiger partial charge in [0.2, 0.25) is 0 Å². The molecule has 38 heavy (non-hydrogen) atoms. The van der Waals surface area contributed by atoms with Crippen molar-refractivity contribution in [2.24, 2.45) is 0 Å². The smallest absolute Gasteiger partial charge is 0.261 e. The van der Waals surface area contributed by atoms with Crippen molar-refractivity contribution in [1.82, 2.24) is 15.5 Å². The zero-order valence-corrected chi connectivity index (χ0v) is 22.8. The van der Waals surface area contributed by atoms with Crippen LogP contribution in [0.4, 0.5) is 0 Å². The maximum absolute atomic E-state index is 13.2. The van der Waals surface area contributed by atoms with E-state index in [2.05, 4.69) is 10.6 Å². The average Bonchev–Trinajstić information content (AvgIpc) is 3.45. The number of thiophene rings is 1. The van der Waals surface area contributed by atoms with E-state index in [0.717, 1.165) is 0 Å². The summed E-state index contributed by atoms with van der Waals surface area (Å²) in [5.74, 6) is -1.34. The van der Waals surface area contributed by atoms with Crippen LogP contribution in [-0.4, -0.2) is 59.8 Å². The molecule has 4 rings (SSSR count). The third-order valence-corrected chi connectivity index (χ3v) is 7.99. The van der Waals surface area contributed by atoms with Gasteiger partial charge in [0.05, 0.1) is 33.1 Å². The molecule has 0 bridgehead atoms. The van der Waals surface area contributed by atoms with Crippen molar-refractivity contribution in [2.45, 2.75) is 18.5 Å². The Morgan fingerprint density at radius 2 is 1.87 bits per heavy atom. The Morgan fingerprint density at radius 1 is 1.13 bits per heavy atom. The van der Waals surface area contributed by atoms with E-state index in [9.17, 15) is 24.3 Å². The highest BCUT2D eigenvalue weighted by molar-refractivity contribution is 7.12. The number of aliphatic hydroxyl groups is 1. The first-order valence-corrected chi connectivity index (χ1v) is 13.5. The molecule has 0 radical (unpaired) electrons. The Bertz CT molecular complexity index is 1370. The van der Waals surface area contributed by atoms with Crippen LogP contribution < -0.4 is 10.6 Å². The molecule has 3 amide bonds. The molecule has 3 aromatic rings. The van der Waals surface area contributed by atoms with E-state index in [1.807, 2.05) is 0 Å². The standard InChI is InChI=1S/C26H22Cl3N3O5S/c27-15-5-3-14(4-6-15)26(37)32-8-7-17-18(20(32)13-34)10-19(28)22(23(17)29)25(36)31-16(12-33)11-30-24(35)21-2-1-9-38-21/h1-6,9-10,12,16,20,34H,7-8,11,13H2,(H,30,35)(H,31,36)/t16-,20?/m0/s1. The molecule has 0 saturated heterocycles. The number of aldehydes is 1. The van der Waals surface area contributed by atoms with Gasteiger partial charge in [0.25, 0.3) is 17.7 Å². The molecule has 2 atom stereocenters. The molecule has 0 spiro atoms. The lowest BCUT2D eigenvalue weighted by Crippen LogP contribution is -2.45. The third kappa shape index (κ3) is 5.87. The number of halogens is 3. The monoisotopic (exact) mass is 593 g/mol. The van der Waals surface area contributed by atoms with Gasteiger partial charge in [-0.2, -0.15) is 0 Å². The minimum atomic E-state index is -1.02. The van der Waals surface area contributed by atoms with Gasteiger partial charge >= 0.3 is 0 Å². The summed E-state index contributed by atoms with van der Waals surface area (Å²) in [5, 5.41) is 17.6. The van der Waals surface area contributed by atoms with Gasteiger partial charge < -0.3 is 25.4 Å². The number of benzene rings is 2. The summed E-state index contributed by atoms with van der Waals surface area (Å²) < 4.78 is 0. The highest BCUT2D eigenvalue weighted by Crippen LogP contribution is 2.39. The van der Waals surface area contributed by atoms with Crippen LogP contribution in [0.2, 0.25) is 15.1 Å². The number of nitrogens with zero attached hydrogens (tertiary/aromatic N) is 1. The minimum absolute atomic E-state index is 0.00207. The number of hydrogen-bond donors (Lipinski definition) is 3. The van der Waals surface area contributed by atoms with Crippen LogP contribution in [-0.2, 0) is 11.2 Å². The van der Waals surface area contributed by atoms with Crippen LogP contribution in [0.5, 0.6) is 0 Å². The number of carbonyl (C=O) groups excluding carboxylic acids is 4. The number of amides is 3. The fourth-order valence-electron chi connectivity index (χ4n) is 4.26. The summed E-state index contributed by atoms with van der Waals surface area (Å²) in [6.07, 6.45) is 0.824. The highest BCUT2D eigenvalue weighted by Gasteiger charge is 2.34. The zero-order chi connectivity index (χ0) is 27.4. The Balaban J connectivity index is 1.53. The van der Waals surface area contributed by atoms with Gasteiger partial charge in [-0.05, 0) is 59.3 Å². The number of rotatable bonds is 8. The van der Waals surface area contributed by atoms with Crippen molar-refractivity contribution in [3.05, 3.63) is 90.0 Å². The van der Waals surface area contributed by atoms with Crippen molar-refractivity contribution in [2.75, 3.05) is 19.7 Å². The maximum Gasteiger partial charge on any atom is 0.261 e. The van der Waals surface area contributed by atoms with Crippen LogP contribution in [0, 0.1) is 0 Å². The molecule has 0 fully saturated rings. The van der Waals surface area contributed by atoms with E-state index >= 15 is 0 Å². The summed E-state index contributed by atoms with van der Waals surface area (Å²) in [7, 11) is 0. The molecule has 3 N–H and O–H groups in total. The molecule has 0 saturated carbocycles. The Labute approximate surface area is 237 Å². The third-order valence-electron chi connectivity index (χ3n) is 6.15. The number of fused-ring (bicyclic) bond motifs is 1. The predicted octanol–water partition coefficient (Wildman–Crippen LogP) is 4.17. The molecule has 0 aliphatic carbocycles. The lowest BCUT2D eigenvalue weighted by atomic mass is 9.90. The first kappa shape index (κ1) is 28.1. The summed E-state index contributed by atoms with van der Waals surface area (Å²) in [4.78, 5) is 52.0. The molecule has 8 nitrogen and oxygen atoms in total. The quantitative estimate of drug-likeness (QED) is 0.339. The molecule has 1 aromatic heterocycles. The molecule has 1 aliphatic heterocycles. The molecular weight excluding hydrogens is 573 g/mol. The van der Waals surface area contributed by atoms with E-state index in [-0.39, 0.29) is 47.1 Å². The van der Waals surface area contributed by atoms with Gasteiger partial charge in [0.1, 0.15) is 12.3 Å². The second kappa shape index (κ2) is 12.3. The van der Waals surface area contributed by atoms with Gasteiger partial charge in [-0.1, -0.05) is 40.9 Å². The molecular formula is C26H22Cl3N3O5S. The van der Waals surface area contributed by atoms with Crippen LogP contribution in [0.25, 0.3) is 0 Å². The Hall–Kier alpha value is -2.95. The second-order valence-corrected chi connectivity index (χ2v) is 10.6. The molecule has 1 unspecified atom stereocenters. The summed E-state index contributed by atoms with van der Waals surface area (Å²) in [6, 6.07) is 9.56. The Kier molecular flexibility index (Phi) is 9.07. The minimum Gasteiger partial charge on any atom is -0.394 e. The Morgan fingerprint density at radius 3 is 2.50 bits per heavy atom. The van der Waals surface area contributed by atoms with Gasteiger partial charge in [-0.3, -0.25) is 14.4 Å². The largest absolute Gasteiger partial charge is 0.394 e. The highest BCUT2D eigenvalue weighted by atomic mass is 35.5. The van der Waals surface area contributed by atoms with Crippen molar-refractivity contribution in [3.8, 4) is 0 Å². The lowest BCUT2D eigenvalue weighted by Gasteiger charge is -2.37. The van der Waals surface area contributed by atoms with Gasteiger partial charge in [-0.25, -0.2) is 0 Å². The van der Waals surface area contributed by atoms with Gasteiger partial charge in [0.15, 0.2) is 0 Å². The van der Waals surface area contributed by atoms with E-state index in [1.165, 1.54) is 22.3 Å². The average molecular weight is 595 g/mol.